The third kappa shape index (κ3) is 6.39. The molecule has 0 amide bonds. The van der Waals surface area contributed by atoms with E-state index in [1.807, 2.05) is 54.6 Å². The molecule has 1 unspecified atom stereocenters. The molecule has 0 aromatic heterocycles. The summed E-state index contributed by atoms with van der Waals surface area (Å²) in [5.74, 6) is 2.94. The molecule has 0 heterocycles. The summed E-state index contributed by atoms with van der Waals surface area (Å²) in [7, 11) is 0. The Morgan fingerprint density at radius 1 is 0.793 bits per heavy atom. The molecule has 0 saturated heterocycles. The number of allylic oxidation sites excluding steroid dienone is 1. The summed E-state index contributed by atoms with van der Waals surface area (Å²) < 4.78 is 11.5. The van der Waals surface area contributed by atoms with Crippen molar-refractivity contribution in [1.82, 2.24) is 0 Å². The van der Waals surface area contributed by atoms with Crippen LogP contribution in [-0.4, -0.2) is 6.61 Å². The van der Waals surface area contributed by atoms with E-state index in [1.54, 1.807) is 6.08 Å². The van der Waals surface area contributed by atoms with Crippen LogP contribution in [0.3, 0.4) is 0 Å². The Hall–Kier alpha value is -3.26. The third-order valence-electron chi connectivity index (χ3n) is 4.82. The average Bonchev–Trinajstić information content (AvgIpc) is 2.77. The van der Waals surface area contributed by atoms with E-state index in [1.165, 1.54) is 11.1 Å². The van der Waals surface area contributed by atoms with Crippen LogP contribution in [0.1, 0.15) is 29.9 Å². The van der Waals surface area contributed by atoms with Gasteiger partial charge < -0.3 is 9.47 Å². The SMILES string of the molecule is C=CCOc1ccc(C(C=C)CCCc2cccc(Oc3ccccc3)c2)cc1. The molecule has 0 aliphatic heterocycles. The van der Waals surface area contributed by atoms with Gasteiger partial charge in [-0.1, -0.05) is 61.2 Å². The number of rotatable bonds is 11. The lowest BCUT2D eigenvalue weighted by atomic mass is 9.92. The van der Waals surface area contributed by atoms with E-state index in [9.17, 15) is 0 Å². The summed E-state index contributed by atoms with van der Waals surface area (Å²) in [6.07, 6.45) is 6.94. The second-order valence-electron chi connectivity index (χ2n) is 6.97. The van der Waals surface area contributed by atoms with Crippen LogP contribution in [0.4, 0.5) is 0 Å². The van der Waals surface area contributed by atoms with E-state index in [2.05, 4.69) is 43.5 Å². The predicted octanol–water partition coefficient (Wildman–Crippen LogP) is 7.34. The van der Waals surface area contributed by atoms with Gasteiger partial charge in [-0.05, 0) is 66.8 Å². The molecule has 2 heteroatoms. The zero-order valence-electron chi connectivity index (χ0n) is 16.8. The minimum Gasteiger partial charge on any atom is -0.490 e. The lowest BCUT2D eigenvalue weighted by molar-refractivity contribution is 0.363. The fourth-order valence-electron chi connectivity index (χ4n) is 3.30. The van der Waals surface area contributed by atoms with Crippen molar-refractivity contribution in [3.8, 4) is 17.2 Å². The van der Waals surface area contributed by atoms with E-state index in [0.717, 1.165) is 36.5 Å². The van der Waals surface area contributed by atoms with Crippen molar-refractivity contribution in [2.45, 2.75) is 25.2 Å². The van der Waals surface area contributed by atoms with Gasteiger partial charge in [-0.25, -0.2) is 0 Å². The van der Waals surface area contributed by atoms with Gasteiger partial charge in [0.1, 0.15) is 23.9 Å². The van der Waals surface area contributed by atoms with Crippen LogP contribution in [0, 0.1) is 0 Å². The zero-order valence-corrected chi connectivity index (χ0v) is 16.8. The topological polar surface area (TPSA) is 18.5 Å². The molecule has 3 rings (SSSR count). The number of benzene rings is 3. The molecule has 0 N–H and O–H groups in total. The molecule has 0 spiro atoms. The van der Waals surface area contributed by atoms with Crippen LogP contribution in [0.25, 0.3) is 0 Å². The van der Waals surface area contributed by atoms with Crippen molar-refractivity contribution in [2.24, 2.45) is 0 Å². The lowest BCUT2D eigenvalue weighted by Crippen LogP contribution is -1.98. The molecule has 29 heavy (non-hydrogen) atoms. The summed E-state index contributed by atoms with van der Waals surface area (Å²) >= 11 is 0. The molecule has 0 radical (unpaired) electrons. The highest BCUT2D eigenvalue weighted by molar-refractivity contribution is 5.34. The second-order valence-corrected chi connectivity index (χ2v) is 6.97. The second kappa shape index (κ2) is 10.9. The van der Waals surface area contributed by atoms with E-state index in [4.69, 9.17) is 9.47 Å². The summed E-state index contributed by atoms with van der Waals surface area (Å²) in [5, 5.41) is 0. The Labute approximate surface area is 174 Å². The molecule has 0 fully saturated rings. The molecule has 0 aliphatic rings. The molecule has 3 aromatic rings. The number of hydrogen-bond donors (Lipinski definition) is 0. The predicted molar refractivity (Wildman–Crippen MR) is 121 cm³/mol. The first-order valence-corrected chi connectivity index (χ1v) is 10.1. The molecular weight excluding hydrogens is 356 g/mol. The summed E-state index contributed by atoms with van der Waals surface area (Å²) in [5.41, 5.74) is 2.56. The third-order valence-corrected chi connectivity index (χ3v) is 4.82. The maximum absolute atomic E-state index is 5.94. The van der Waals surface area contributed by atoms with Gasteiger partial charge in [0.2, 0.25) is 0 Å². The molecule has 0 aliphatic carbocycles. The van der Waals surface area contributed by atoms with Crippen LogP contribution < -0.4 is 9.47 Å². The Kier molecular flexibility index (Phi) is 7.71. The lowest BCUT2D eigenvalue weighted by Gasteiger charge is -2.14. The summed E-state index contributed by atoms with van der Waals surface area (Å²) in [6, 6.07) is 26.5. The minimum atomic E-state index is 0.340. The Morgan fingerprint density at radius 2 is 1.55 bits per heavy atom. The molecule has 3 aromatic carbocycles. The minimum absolute atomic E-state index is 0.340. The standard InChI is InChI=1S/C27H28O2/c1-3-20-28-25-18-16-24(17-19-25)23(4-2)12-8-10-22-11-9-15-27(21-22)29-26-13-6-5-7-14-26/h3-7,9,11,13-19,21,23H,1-2,8,10,12,20H2. The Balaban J connectivity index is 1.53. The van der Waals surface area contributed by atoms with Crippen LogP contribution in [0.2, 0.25) is 0 Å². The quantitative estimate of drug-likeness (QED) is 0.322. The first-order chi connectivity index (χ1) is 14.3. The Morgan fingerprint density at radius 3 is 2.28 bits per heavy atom. The molecule has 0 saturated carbocycles. The van der Waals surface area contributed by atoms with Crippen molar-refractivity contribution in [3.05, 3.63) is 115 Å². The van der Waals surface area contributed by atoms with E-state index in [0.29, 0.717) is 12.5 Å². The molecule has 0 bridgehead atoms. The van der Waals surface area contributed by atoms with Gasteiger partial charge in [0.15, 0.2) is 0 Å². The van der Waals surface area contributed by atoms with Gasteiger partial charge in [0, 0.05) is 5.92 Å². The largest absolute Gasteiger partial charge is 0.490 e. The van der Waals surface area contributed by atoms with Crippen molar-refractivity contribution in [3.63, 3.8) is 0 Å². The van der Waals surface area contributed by atoms with Crippen molar-refractivity contribution >= 4 is 0 Å². The monoisotopic (exact) mass is 384 g/mol. The van der Waals surface area contributed by atoms with Crippen LogP contribution in [-0.2, 0) is 6.42 Å². The van der Waals surface area contributed by atoms with E-state index >= 15 is 0 Å². The molecular formula is C27H28O2. The van der Waals surface area contributed by atoms with E-state index in [-0.39, 0.29) is 0 Å². The van der Waals surface area contributed by atoms with Gasteiger partial charge in [0.25, 0.3) is 0 Å². The molecule has 1 atom stereocenters. The number of hydrogen-bond acceptors (Lipinski definition) is 2. The normalized spacial score (nSPS) is 11.4. The van der Waals surface area contributed by atoms with Crippen LogP contribution >= 0.6 is 0 Å². The number of para-hydroxylation sites is 1. The molecule has 2 nitrogen and oxygen atoms in total. The van der Waals surface area contributed by atoms with Gasteiger partial charge >= 0.3 is 0 Å². The van der Waals surface area contributed by atoms with Gasteiger partial charge in [0.05, 0.1) is 0 Å². The first-order valence-electron chi connectivity index (χ1n) is 10.1. The smallest absolute Gasteiger partial charge is 0.127 e. The summed E-state index contributed by atoms with van der Waals surface area (Å²) in [4.78, 5) is 0. The van der Waals surface area contributed by atoms with Gasteiger partial charge in [-0.2, -0.15) is 0 Å². The van der Waals surface area contributed by atoms with Crippen LogP contribution in [0.15, 0.2) is 104 Å². The van der Waals surface area contributed by atoms with Gasteiger partial charge in [-0.15, -0.1) is 6.58 Å². The maximum Gasteiger partial charge on any atom is 0.127 e. The zero-order chi connectivity index (χ0) is 20.3. The highest BCUT2D eigenvalue weighted by Crippen LogP contribution is 2.27. The van der Waals surface area contributed by atoms with Crippen molar-refractivity contribution in [1.29, 1.82) is 0 Å². The Bertz CT molecular complexity index is 897. The van der Waals surface area contributed by atoms with Crippen LogP contribution in [0.5, 0.6) is 17.2 Å². The fraction of sp³-hybridized carbons (Fsp3) is 0.185. The summed E-state index contributed by atoms with van der Waals surface area (Å²) in [6.45, 7) is 8.23. The van der Waals surface area contributed by atoms with Gasteiger partial charge in [-0.3, -0.25) is 0 Å². The highest BCUT2D eigenvalue weighted by atomic mass is 16.5. The number of ether oxygens (including phenoxy) is 2. The average molecular weight is 385 g/mol. The van der Waals surface area contributed by atoms with Crippen molar-refractivity contribution < 1.29 is 9.47 Å². The van der Waals surface area contributed by atoms with E-state index < -0.39 is 0 Å². The highest BCUT2D eigenvalue weighted by Gasteiger charge is 2.08. The first kappa shape index (κ1) is 20.5. The molecule has 148 valence electrons. The van der Waals surface area contributed by atoms with Crippen molar-refractivity contribution in [2.75, 3.05) is 6.61 Å². The number of aryl methyl sites for hydroxylation is 1. The maximum atomic E-state index is 5.94. The fourth-order valence-corrected chi connectivity index (χ4v) is 3.30.